The normalized spacial score (nSPS) is 10.2. The summed E-state index contributed by atoms with van der Waals surface area (Å²) in [7, 11) is 1.84. The Labute approximate surface area is 99.3 Å². The van der Waals surface area contributed by atoms with Gasteiger partial charge < -0.3 is 0 Å². The van der Waals surface area contributed by atoms with Gasteiger partial charge in [-0.25, -0.2) is 0 Å². The summed E-state index contributed by atoms with van der Waals surface area (Å²) in [6.45, 7) is 1.93. The molecule has 0 N–H and O–H groups in total. The van der Waals surface area contributed by atoms with Crippen LogP contribution >= 0.6 is 0 Å². The van der Waals surface area contributed by atoms with E-state index in [1.165, 1.54) is 0 Å². The van der Waals surface area contributed by atoms with Crippen molar-refractivity contribution in [2.75, 3.05) is 0 Å². The van der Waals surface area contributed by atoms with Crippen LogP contribution < -0.4 is 4.57 Å². The van der Waals surface area contributed by atoms with E-state index in [4.69, 9.17) is 0 Å². The summed E-state index contributed by atoms with van der Waals surface area (Å²) in [4.78, 5) is 10.7. The molecule has 0 atom stereocenters. The number of nitrogens with zero attached hydrogens (tertiary/aromatic N) is 2. The second kappa shape index (κ2) is 4.33. The Balaban J connectivity index is 2.74. The second-order valence-electron chi connectivity index (χ2n) is 3.89. The van der Waals surface area contributed by atoms with Gasteiger partial charge >= 0.3 is 5.69 Å². The average Bonchev–Trinajstić information content (AvgIpc) is 2.33. The molecule has 86 valence electrons. The lowest BCUT2D eigenvalue weighted by molar-refractivity contribution is -0.669. The molecule has 1 heterocycles. The summed E-state index contributed by atoms with van der Waals surface area (Å²) in [5, 5.41) is 11.1. The number of hydrogen-bond donors (Lipinski definition) is 0. The van der Waals surface area contributed by atoms with Gasteiger partial charge in [0.15, 0.2) is 5.69 Å². The first-order chi connectivity index (χ1) is 8.11. The van der Waals surface area contributed by atoms with E-state index in [1.807, 2.05) is 48.9 Å². The maximum atomic E-state index is 11.1. The van der Waals surface area contributed by atoms with Gasteiger partial charge in [0.2, 0.25) is 0 Å². The predicted octanol–water partition coefficient (Wildman–Crippen LogP) is 2.39. The SMILES string of the molecule is Cc1ccc([N+](=O)[O-])c(-c2ccccc2)[n+]1C. The van der Waals surface area contributed by atoms with Gasteiger partial charge in [0.25, 0.3) is 5.69 Å². The highest BCUT2D eigenvalue weighted by Gasteiger charge is 2.25. The summed E-state index contributed by atoms with van der Waals surface area (Å²) in [6.07, 6.45) is 0. The zero-order chi connectivity index (χ0) is 12.4. The molecule has 0 aliphatic rings. The molecule has 0 saturated carbocycles. The zero-order valence-electron chi connectivity index (χ0n) is 9.75. The molecule has 0 amide bonds. The Bertz CT molecular complexity index is 565. The summed E-state index contributed by atoms with van der Waals surface area (Å²) < 4.78 is 1.84. The summed E-state index contributed by atoms with van der Waals surface area (Å²) >= 11 is 0. The first-order valence-corrected chi connectivity index (χ1v) is 5.30. The number of hydrogen-bond acceptors (Lipinski definition) is 2. The third-order valence-electron chi connectivity index (χ3n) is 2.83. The van der Waals surface area contributed by atoms with Crippen LogP contribution in [0, 0.1) is 17.0 Å². The fourth-order valence-electron chi connectivity index (χ4n) is 1.82. The Hall–Kier alpha value is -2.23. The number of benzene rings is 1. The number of aromatic nitrogens is 1. The van der Waals surface area contributed by atoms with E-state index in [0.717, 1.165) is 11.3 Å². The van der Waals surface area contributed by atoms with Gasteiger partial charge in [0, 0.05) is 19.1 Å². The van der Waals surface area contributed by atoms with Gasteiger partial charge in [-0.3, -0.25) is 10.1 Å². The molecule has 0 unspecified atom stereocenters. The minimum atomic E-state index is -0.345. The van der Waals surface area contributed by atoms with Crippen molar-refractivity contribution < 1.29 is 9.49 Å². The molecule has 4 heteroatoms. The molecule has 0 aliphatic carbocycles. The first-order valence-electron chi connectivity index (χ1n) is 5.30. The van der Waals surface area contributed by atoms with E-state index in [9.17, 15) is 10.1 Å². The highest BCUT2D eigenvalue weighted by Crippen LogP contribution is 2.26. The van der Waals surface area contributed by atoms with E-state index in [2.05, 4.69) is 0 Å². The summed E-state index contributed by atoms with van der Waals surface area (Å²) in [5.41, 5.74) is 2.60. The van der Waals surface area contributed by atoms with Crippen molar-refractivity contribution in [1.29, 1.82) is 0 Å². The smallest absolute Gasteiger partial charge is 0.258 e. The minimum Gasteiger partial charge on any atom is -0.258 e. The number of nitro groups is 1. The summed E-state index contributed by atoms with van der Waals surface area (Å²) in [5.74, 6) is 0. The fourth-order valence-corrected chi connectivity index (χ4v) is 1.82. The fraction of sp³-hybridized carbons (Fsp3) is 0.154. The number of aryl methyl sites for hydroxylation is 1. The molecule has 0 radical (unpaired) electrons. The minimum absolute atomic E-state index is 0.129. The number of pyridine rings is 1. The van der Waals surface area contributed by atoms with Crippen LogP contribution in [0.3, 0.4) is 0 Å². The lowest BCUT2D eigenvalue weighted by Crippen LogP contribution is -2.35. The van der Waals surface area contributed by atoms with Crippen molar-refractivity contribution >= 4 is 5.69 Å². The van der Waals surface area contributed by atoms with Gasteiger partial charge in [-0.2, -0.15) is 4.57 Å². The van der Waals surface area contributed by atoms with Crippen molar-refractivity contribution in [3.63, 3.8) is 0 Å². The van der Waals surface area contributed by atoms with Gasteiger partial charge in [-0.05, 0) is 12.1 Å². The third kappa shape index (κ3) is 2.01. The van der Waals surface area contributed by atoms with Gasteiger partial charge in [-0.15, -0.1) is 0 Å². The monoisotopic (exact) mass is 229 g/mol. The van der Waals surface area contributed by atoms with Crippen LogP contribution in [0.2, 0.25) is 0 Å². The van der Waals surface area contributed by atoms with Gasteiger partial charge in [-0.1, -0.05) is 18.2 Å². The highest BCUT2D eigenvalue weighted by molar-refractivity contribution is 5.66. The van der Waals surface area contributed by atoms with E-state index >= 15 is 0 Å². The molecule has 17 heavy (non-hydrogen) atoms. The molecule has 0 spiro atoms. The average molecular weight is 229 g/mol. The second-order valence-corrected chi connectivity index (χ2v) is 3.89. The molecule has 4 nitrogen and oxygen atoms in total. The van der Waals surface area contributed by atoms with Crippen molar-refractivity contribution in [3.05, 3.63) is 58.3 Å². The maximum absolute atomic E-state index is 11.1. The molecule has 2 rings (SSSR count). The van der Waals surface area contributed by atoms with Gasteiger partial charge in [0.05, 0.1) is 10.5 Å². The molecule has 1 aromatic carbocycles. The molecule has 0 aliphatic heterocycles. The number of rotatable bonds is 2. The Morgan fingerprint density at radius 2 is 1.76 bits per heavy atom. The standard InChI is InChI=1S/C13H13N2O2/c1-10-8-9-12(15(16)17)13(14(10)2)11-6-4-3-5-7-11/h3-9H,1-2H3/q+1. The van der Waals surface area contributed by atoms with E-state index in [-0.39, 0.29) is 10.6 Å². The molecule has 1 aromatic heterocycles. The topological polar surface area (TPSA) is 47.0 Å². The van der Waals surface area contributed by atoms with Crippen LogP contribution in [0.25, 0.3) is 11.3 Å². The Morgan fingerprint density at radius 3 is 2.35 bits per heavy atom. The zero-order valence-corrected chi connectivity index (χ0v) is 9.75. The van der Waals surface area contributed by atoms with Crippen molar-refractivity contribution in [3.8, 4) is 11.3 Å². The lowest BCUT2D eigenvalue weighted by atomic mass is 10.1. The van der Waals surface area contributed by atoms with Crippen LogP contribution in [0.15, 0.2) is 42.5 Å². The molecular weight excluding hydrogens is 216 g/mol. The van der Waals surface area contributed by atoms with E-state index < -0.39 is 0 Å². The van der Waals surface area contributed by atoms with Crippen LogP contribution in [0.5, 0.6) is 0 Å². The van der Waals surface area contributed by atoms with Crippen molar-refractivity contribution in [1.82, 2.24) is 0 Å². The molecule has 0 bridgehead atoms. The molecule has 2 aromatic rings. The molecule has 0 fully saturated rings. The largest absolute Gasteiger partial charge is 0.340 e. The van der Waals surface area contributed by atoms with E-state index in [1.54, 1.807) is 12.1 Å². The molecular formula is C13H13N2O2+. The first kappa shape index (κ1) is 11.3. The van der Waals surface area contributed by atoms with Crippen molar-refractivity contribution in [2.45, 2.75) is 6.92 Å². The Kier molecular flexibility index (Phi) is 2.87. The van der Waals surface area contributed by atoms with Crippen LogP contribution in [0.4, 0.5) is 5.69 Å². The predicted molar refractivity (Wildman–Crippen MR) is 64.4 cm³/mol. The van der Waals surface area contributed by atoms with E-state index in [0.29, 0.717) is 5.69 Å². The highest BCUT2D eigenvalue weighted by atomic mass is 16.6. The van der Waals surface area contributed by atoms with Crippen LogP contribution in [0.1, 0.15) is 5.69 Å². The van der Waals surface area contributed by atoms with Crippen molar-refractivity contribution in [2.24, 2.45) is 7.05 Å². The summed E-state index contributed by atoms with van der Waals surface area (Å²) in [6, 6.07) is 12.7. The van der Waals surface area contributed by atoms with Gasteiger partial charge in [0.1, 0.15) is 7.05 Å². The third-order valence-corrected chi connectivity index (χ3v) is 2.83. The van der Waals surface area contributed by atoms with Crippen LogP contribution in [-0.2, 0) is 7.05 Å². The lowest BCUT2D eigenvalue weighted by Gasteiger charge is -2.03. The Morgan fingerprint density at radius 1 is 1.12 bits per heavy atom. The maximum Gasteiger partial charge on any atom is 0.340 e. The van der Waals surface area contributed by atoms with Crippen LogP contribution in [-0.4, -0.2) is 4.92 Å². The quantitative estimate of drug-likeness (QED) is 0.451. The molecule has 0 saturated heterocycles.